The zero-order valence-corrected chi connectivity index (χ0v) is 12.6. The smallest absolute Gasteiger partial charge is 0.244 e. The second-order valence-electron chi connectivity index (χ2n) is 5.56. The third kappa shape index (κ3) is 2.91. The summed E-state index contributed by atoms with van der Waals surface area (Å²) in [4.78, 5) is 3.96. The highest BCUT2D eigenvalue weighted by molar-refractivity contribution is 7.89. The predicted octanol–water partition coefficient (Wildman–Crippen LogP) is 1.48. The summed E-state index contributed by atoms with van der Waals surface area (Å²) in [7, 11) is -3.55. The molecule has 1 aliphatic heterocycles. The van der Waals surface area contributed by atoms with Gasteiger partial charge in [0.05, 0.1) is 5.02 Å². The van der Waals surface area contributed by atoms with Crippen molar-refractivity contribution in [1.82, 2.24) is 9.29 Å². The van der Waals surface area contributed by atoms with Crippen molar-refractivity contribution >= 4 is 21.6 Å². The molecule has 0 aliphatic carbocycles. The molecule has 106 valence electrons. The van der Waals surface area contributed by atoms with E-state index in [9.17, 15) is 8.42 Å². The number of hydrogen-bond donors (Lipinski definition) is 1. The highest BCUT2D eigenvalue weighted by Gasteiger charge is 2.38. The van der Waals surface area contributed by atoms with Crippen LogP contribution in [-0.4, -0.2) is 36.8 Å². The molecule has 0 saturated carbocycles. The fraction of sp³-hybridized carbons (Fsp3) is 0.583. The lowest BCUT2D eigenvalue weighted by Crippen LogP contribution is -2.53. The van der Waals surface area contributed by atoms with Gasteiger partial charge in [-0.25, -0.2) is 8.42 Å². The Kier molecular flexibility index (Phi) is 3.88. The number of hydrogen-bond acceptors (Lipinski definition) is 4. The van der Waals surface area contributed by atoms with Gasteiger partial charge < -0.3 is 5.73 Å². The van der Waals surface area contributed by atoms with Crippen molar-refractivity contribution in [2.75, 3.05) is 13.1 Å². The summed E-state index contributed by atoms with van der Waals surface area (Å²) in [6.07, 6.45) is 3.39. The van der Waals surface area contributed by atoms with Gasteiger partial charge in [-0.15, -0.1) is 0 Å². The van der Waals surface area contributed by atoms with Crippen LogP contribution in [0.2, 0.25) is 5.02 Å². The molecule has 19 heavy (non-hydrogen) atoms. The topological polar surface area (TPSA) is 76.3 Å². The number of aromatic nitrogens is 1. The van der Waals surface area contributed by atoms with Gasteiger partial charge in [0.15, 0.2) is 0 Å². The first-order valence-electron chi connectivity index (χ1n) is 6.10. The summed E-state index contributed by atoms with van der Waals surface area (Å²) in [5.74, 6) is 0. The first-order valence-corrected chi connectivity index (χ1v) is 7.91. The maximum Gasteiger partial charge on any atom is 0.244 e. The molecule has 2 heterocycles. The second kappa shape index (κ2) is 5.01. The fourth-order valence-corrected chi connectivity index (χ4v) is 4.07. The predicted molar refractivity (Wildman–Crippen MR) is 74.4 cm³/mol. The Bertz CT molecular complexity index is 574. The molecule has 7 heteroatoms. The average molecular weight is 304 g/mol. The van der Waals surface area contributed by atoms with Gasteiger partial charge >= 0.3 is 0 Å². The van der Waals surface area contributed by atoms with Crippen LogP contribution in [0.25, 0.3) is 0 Å². The lowest BCUT2D eigenvalue weighted by molar-refractivity contribution is 0.155. The highest BCUT2D eigenvalue weighted by Crippen LogP contribution is 2.31. The fourth-order valence-electron chi connectivity index (χ4n) is 2.21. The van der Waals surface area contributed by atoms with Crippen molar-refractivity contribution in [1.29, 1.82) is 0 Å². The Morgan fingerprint density at radius 1 is 1.47 bits per heavy atom. The summed E-state index contributed by atoms with van der Waals surface area (Å²) in [6, 6.07) is 1.43. The first kappa shape index (κ1) is 14.7. The molecule has 1 atom stereocenters. The van der Waals surface area contributed by atoms with E-state index in [1.807, 2.05) is 13.8 Å². The quantitative estimate of drug-likeness (QED) is 0.898. The normalized spacial score (nSPS) is 24.3. The largest absolute Gasteiger partial charge is 0.327 e. The van der Waals surface area contributed by atoms with Crippen molar-refractivity contribution in [3.05, 3.63) is 23.5 Å². The van der Waals surface area contributed by atoms with Gasteiger partial charge in [-0.05, 0) is 17.9 Å². The standard InChI is InChI=1S/C12H18ClN3O2S/c1-12(2)8-16(4-3-11(12)14)19(17,18)10-5-9(13)6-15-7-10/h5-7,11H,3-4,8,14H2,1-2H3. The summed E-state index contributed by atoms with van der Waals surface area (Å²) in [5.41, 5.74) is 5.79. The van der Waals surface area contributed by atoms with Gasteiger partial charge in [-0.3, -0.25) is 4.98 Å². The van der Waals surface area contributed by atoms with E-state index in [2.05, 4.69) is 4.98 Å². The molecule has 1 aliphatic rings. The highest BCUT2D eigenvalue weighted by atomic mass is 35.5. The zero-order valence-electron chi connectivity index (χ0n) is 11.0. The molecule has 1 aromatic rings. The molecule has 0 aromatic carbocycles. The lowest BCUT2D eigenvalue weighted by Gasteiger charge is -2.41. The first-order chi connectivity index (χ1) is 8.73. The Hall–Kier alpha value is -0.690. The van der Waals surface area contributed by atoms with Gasteiger partial charge in [-0.2, -0.15) is 4.31 Å². The van der Waals surface area contributed by atoms with Crippen LogP contribution < -0.4 is 5.73 Å². The third-order valence-corrected chi connectivity index (χ3v) is 5.61. The van der Waals surface area contributed by atoms with Gasteiger partial charge in [-0.1, -0.05) is 25.4 Å². The molecule has 0 bridgehead atoms. The van der Waals surface area contributed by atoms with E-state index in [1.165, 1.54) is 22.8 Å². The number of piperidine rings is 1. The zero-order chi connectivity index (χ0) is 14.3. The van der Waals surface area contributed by atoms with E-state index in [0.717, 1.165) is 0 Å². The minimum atomic E-state index is -3.55. The number of halogens is 1. The number of nitrogens with zero attached hydrogens (tertiary/aromatic N) is 2. The average Bonchev–Trinajstić information content (AvgIpc) is 2.32. The van der Waals surface area contributed by atoms with Gasteiger partial charge in [0.25, 0.3) is 0 Å². The van der Waals surface area contributed by atoms with Crippen LogP contribution in [0.15, 0.2) is 23.4 Å². The van der Waals surface area contributed by atoms with E-state index in [0.29, 0.717) is 24.5 Å². The van der Waals surface area contributed by atoms with Crippen LogP contribution in [0.1, 0.15) is 20.3 Å². The van der Waals surface area contributed by atoms with Crippen molar-refractivity contribution in [2.24, 2.45) is 11.1 Å². The van der Waals surface area contributed by atoms with Crippen LogP contribution in [0.4, 0.5) is 0 Å². The van der Waals surface area contributed by atoms with E-state index in [1.54, 1.807) is 0 Å². The maximum absolute atomic E-state index is 12.5. The summed E-state index contributed by atoms with van der Waals surface area (Å²) >= 11 is 5.80. The van der Waals surface area contributed by atoms with Gasteiger partial charge in [0.2, 0.25) is 10.0 Å². The second-order valence-corrected chi connectivity index (χ2v) is 7.94. The van der Waals surface area contributed by atoms with Crippen LogP contribution in [-0.2, 0) is 10.0 Å². The molecule has 1 unspecified atom stereocenters. The molecule has 0 amide bonds. The Morgan fingerprint density at radius 3 is 2.74 bits per heavy atom. The van der Waals surface area contributed by atoms with Crippen LogP contribution in [0.3, 0.4) is 0 Å². The van der Waals surface area contributed by atoms with Crippen molar-refractivity contribution in [2.45, 2.75) is 31.2 Å². The number of sulfonamides is 1. The van der Waals surface area contributed by atoms with Crippen molar-refractivity contribution < 1.29 is 8.42 Å². The van der Waals surface area contributed by atoms with Gasteiger partial charge in [0, 0.05) is 31.5 Å². The van der Waals surface area contributed by atoms with E-state index in [4.69, 9.17) is 17.3 Å². The lowest BCUT2D eigenvalue weighted by atomic mass is 9.81. The Morgan fingerprint density at radius 2 is 2.16 bits per heavy atom. The molecular formula is C12H18ClN3O2S. The molecule has 2 N–H and O–H groups in total. The molecule has 2 rings (SSSR count). The Balaban J connectivity index is 2.31. The summed E-state index contributed by atoms with van der Waals surface area (Å²) < 4.78 is 26.5. The van der Waals surface area contributed by atoms with Crippen LogP contribution in [0, 0.1) is 5.41 Å². The van der Waals surface area contributed by atoms with Crippen molar-refractivity contribution in [3.63, 3.8) is 0 Å². The summed E-state index contributed by atoms with van der Waals surface area (Å²) in [6.45, 7) is 4.80. The summed E-state index contributed by atoms with van der Waals surface area (Å²) in [5, 5.41) is 0.314. The molecular weight excluding hydrogens is 286 g/mol. The third-order valence-electron chi connectivity index (χ3n) is 3.59. The van der Waals surface area contributed by atoms with E-state index >= 15 is 0 Å². The SMILES string of the molecule is CC1(C)CN(S(=O)(=O)c2cncc(Cl)c2)CCC1N. The monoisotopic (exact) mass is 303 g/mol. The van der Waals surface area contributed by atoms with Crippen LogP contribution >= 0.6 is 11.6 Å². The molecule has 0 radical (unpaired) electrons. The number of nitrogens with two attached hydrogens (primary N) is 1. The molecule has 5 nitrogen and oxygen atoms in total. The maximum atomic E-state index is 12.5. The number of pyridine rings is 1. The van der Waals surface area contributed by atoms with Crippen molar-refractivity contribution in [3.8, 4) is 0 Å². The van der Waals surface area contributed by atoms with Gasteiger partial charge in [0.1, 0.15) is 4.90 Å². The van der Waals surface area contributed by atoms with E-state index in [-0.39, 0.29) is 16.4 Å². The van der Waals surface area contributed by atoms with E-state index < -0.39 is 10.0 Å². The molecule has 0 spiro atoms. The minimum Gasteiger partial charge on any atom is -0.327 e. The number of rotatable bonds is 2. The molecule has 1 fully saturated rings. The molecule has 1 saturated heterocycles. The molecule has 1 aromatic heterocycles. The van der Waals surface area contributed by atoms with Crippen LogP contribution in [0.5, 0.6) is 0 Å². The minimum absolute atomic E-state index is 0.0106. The Labute approximate surface area is 118 Å².